The molecule has 2 unspecified atom stereocenters. The van der Waals surface area contributed by atoms with Crippen molar-refractivity contribution in [3.8, 4) is 0 Å². The first-order chi connectivity index (χ1) is 9.97. The van der Waals surface area contributed by atoms with Crippen LogP contribution < -0.4 is 10.6 Å². The zero-order valence-electron chi connectivity index (χ0n) is 14.2. The van der Waals surface area contributed by atoms with E-state index in [0.717, 1.165) is 25.5 Å². The zero-order chi connectivity index (χ0) is 15.5. The number of nitrogens with one attached hydrogen (secondary N) is 2. The van der Waals surface area contributed by atoms with Crippen LogP contribution in [0.4, 0.5) is 0 Å². The van der Waals surface area contributed by atoms with E-state index in [1.165, 1.54) is 19.3 Å². The normalized spacial score (nSPS) is 28.0. The molecule has 2 fully saturated rings. The highest BCUT2D eigenvalue weighted by Gasteiger charge is 2.59. The number of guanidine groups is 1. The third kappa shape index (κ3) is 3.34. The van der Waals surface area contributed by atoms with Gasteiger partial charge in [0.05, 0.1) is 11.7 Å². The quantitative estimate of drug-likeness (QED) is 0.581. The first-order valence-electron chi connectivity index (χ1n) is 8.11. The molecule has 0 heterocycles. The standard InChI is InChI=1S/C16H31N3O2/c1-6-21-13-10-12(16(13)8-7-9-16)19-14(17-4)18-11-15(2,3)20-5/h12-13H,6-11H2,1-5H3,(H2,17,18,19). The molecular weight excluding hydrogens is 266 g/mol. The minimum atomic E-state index is -0.195. The van der Waals surface area contributed by atoms with Crippen molar-refractivity contribution in [1.82, 2.24) is 10.6 Å². The van der Waals surface area contributed by atoms with E-state index in [0.29, 0.717) is 17.6 Å². The monoisotopic (exact) mass is 297 g/mol. The van der Waals surface area contributed by atoms with Crippen molar-refractivity contribution in [3.05, 3.63) is 0 Å². The number of ether oxygens (including phenoxy) is 2. The fraction of sp³-hybridized carbons (Fsp3) is 0.938. The second kappa shape index (κ2) is 6.53. The van der Waals surface area contributed by atoms with Crippen molar-refractivity contribution in [2.24, 2.45) is 10.4 Å². The molecule has 0 aliphatic heterocycles. The van der Waals surface area contributed by atoms with Crippen LogP contribution in [0.25, 0.3) is 0 Å². The summed E-state index contributed by atoms with van der Waals surface area (Å²) < 4.78 is 11.3. The molecule has 5 heteroatoms. The van der Waals surface area contributed by atoms with Gasteiger partial charge in [0, 0.05) is 38.8 Å². The molecule has 122 valence electrons. The number of aliphatic imine (C=N–C) groups is 1. The Bertz CT molecular complexity index is 378. The molecule has 2 aliphatic rings. The Hall–Kier alpha value is -0.810. The van der Waals surface area contributed by atoms with E-state index in [1.807, 2.05) is 7.05 Å². The summed E-state index contributed by atoms with van der Waals surface area (Å²) in [5, 5.41) is 6.95. The summed E-state index contributed by atoms with van der Waals surface area (Å²) in [5.41, 5.74) is 0.156. The smallest absolute Gasteiger partial charge is 0.191 e. The highest BCUT2D eigenvalue weighted by Crippen LogP contribution is 2.57. The van der Waals surface area contributed by atoms with Crippen LogP contribution in [0.1, 0.15) is 46.5 Å². The molecule has 0 bridgehead atoms. The predicted octanol–water partition coefficient (Wildman–Crippen LogP) is 1.92. The first kappa shape index (κ1) is 16.6. The van der Waals surface area contributed by atoms with Crippen molar-refractivity contribution in [1.29, 1.82) is 0 Å². The Labute approximate surface area is 128 Å². The molecule has 1 spiro atoms. The SMILES string of the molecule is CCOC1CC(NC(=NC)NCC(C)(C)OC)C12CCC2. The lowest BCUT2D eigenvalue weighted by Gasteiger charge is -2.61. The summed E-state index contributed by atoms with van der Waals surface area (Å²) in [4.78, 5) is 4.34. The van der Waals surface area contributed by atoms with E-state index in [4.69, 9.17) is 9.47 Å². The highest BCUT2D eigenvalue weighted by molar-refractivity contribution is 5.80. The summed E-state index contributed by atoms with van der Waals surface area (Å²) in [6, 6.07) is 0.486. The molecule has 0 aromatic rings. The van der Waals surface area contributed by atoms with Crippen molar-refractivity contribution in [2.45, 2.75) is 64.2 Å². The number of methoxy groups -OCH3 is 1. The topological polar surface area (TPSA) is 54.9 Å². The van der Waals surface area contributed by atoms with Gasteiger partial charge in [0.2, 0.25) is 0 Å². The van der Waals surface area contributed by atoms with Crippen LogP contribution in [0.2, 0.25) is 0 Å². The third-order valence-corrected chi connectivity index (χ3v) is 5.21. The molecule has 2 atom stereocenters. The van der Waals surface area contributed by atoms with Gasteiger partial charge >= 0.3 is 0 Å². The maximum atomic E-state index is 5.89. The average Bonchev–Trinajstić information content (AvgIpc) is 2.39. The summed E-state index contributed by atoms with van der Waals surface area (Å²) in [6.07, 6.45) is 5.39. The summed E-state index contributed by atoms with van der Waals surface area (Å²) in [5.74, 6) is 0.867. The summed E-state index contributed by atoms with van der Waals surface area (Å²) in [7, 11) is 3.56. The van der Waals surface area contributed by atoms with E-state index in [2.05, 4.69) is 36.4 Å². The molecule has 0 aromatic heterocycles. The van der Waals surface area contributed by atoms with Crippen LogP contribution in [0.3, 0.4) is 0 Å². The second-order valence-electron chi connectivity index (χ2n) is 6.85. The Balaban J connectivity index is 1.86. The molecule has 2 saturated carbocycles. The number of hydrogen-bond acceptors (Lipinski definition) is 3. The lowest BCUT2D eigenvalue weighted by molar-refractivity contribution is -0.168. The van der Waals surface area contributed by atoms with Crippen LogP contribution in [0.5, 0.6) is 0 Å². The van der Waals surface area contributed by atoms with Gasteiger partial charge < -0.3 is 20.1 Å². The van der Waals surface area contributed by atoms with Crippen LogP contribution in [-0.4, -0.2) is 51.0 Å². The largest absolute Gasteiger partial charge is 0.378 e. The predicted molar refractivity (Wildman–Crippen MR) is 85.7 cm³/mol. The van der Waals surface area contributed by atoms with Crippen molar-refractivity contribution in [3.63, 3.8) is 0 Å². The van der Waals surface area contributed by atoms with Crippen molar-refractivity contribution in [2.75, 3.05) is 27.3 Å². The molecule has 0 amide bonds. The van der Waals surface area contributed by atoms with Gasteiger partial charge in [-0.25, -0.2) is 0 Å². The minimum Gasteiger partial charge on any atom is -0.378 e. The van der Waals surface area contributed by atoms with Gasteiger partial charge in [-0.15, -0.1) is 0 Å². The maximum absolute atomic E-state index is 5.89. The third-order valence-electron chi connectivity index (χ3n) is 5.21. The van der Waals surface area contributed by atoms with Gasteiger partial charge in [-0.2, -0.15) is 0 Å². The first-order valence-corrected chi connectivity index (χ1v) is 8.11. The van der Waals surface area contributed by atoms with Crippen LogP contribution >= 0.6 is 0 Å². The van der Waals surface area contributed by atoms with Crippen LogP contribution in [0.15, 0.2) is 4.99 Å². The van der Waals surface area contributed by atoms with Gasteiger partial charge in [0.15, 0.2) is 5.96 Å². The van der Waals surface area contributed by atoms with Gasteiger partial charge in [-0.3, -0.25) is 4.99 Å². The molecule has 2 N–H and O–H groups in total. The molecular formula is C16H31N3O2. The number of rotatable bonds is 6. The fourth-order valence-electron chi connectivity index (χ4n) is 3.37. The van der Waals surface area contributed by atoms with E-state index in [1.54, 1.807) is 7.11 Å². The maximum Gasteiger partial charge on any atom is 0.191 e. The van der Waals surface area contributed by atoms with E-state index >= 15 is 0 Å². The van der Waals surface area contributed by atoms with Crippen LogP contribution in [0, 0.1) is 5.41 Å². The van der Waals surface area contributed by atoms with E-state index in [9.17, 15) is 0 Å². The molecule has 21 heavy (non-hydrogen) atoms. The van der Waals surface area contributed by atoms with Crippen molar-refractivity contribution >= 4 is 5.96 Å². The zero-order valence-corrected chi connectivity index (χ0v) is 14.2. The lowest BCUT2D eigenvalue weighted by Crippen LogP contribution is -2.68. The summed E-state index contributed by atoms with van der Waals surface area (Å²) >= 11 is 0. The van der Waals surface area contributed by atoms with Gasteiger partial charge in [-0.1, -0.05) is 6.42 Å². The fourth-order valence-corrected chi connectivity index (χ4v) is 3.37. The van der Waals surface area contributed by atoms with Gasteiger partial charge in [0.25, 0.3) is 0 Å². The number of hydrogen-bond donors (Lipinski definition) is 2. The molecule has 0 radical (unpaired) electrons. The minimum absolute atomic E-state index is 0.195. The summed E-state index contributed by atoms with van der Waals surface area (Å²) in [6.45, 7) is 7.76. The van der Waals surface area contributed by atoms with Crippen molar-refractivity contribution < 1.29 is 9.47 Å². The molecule has 0 aromatic carbocycles. The Kier molecular flexibility index (Phi) is 5.15. The number of nitrogens with zero attached hydrogens (tertiary/aromatic N) is 1. The average molecular weight is 297 g/mol. The van der Waals surface area contributed by atoms with E-state index in [-0.39, 0.29) is 5.60 Å². The molecule has 0 saturated heterocycles. The molecule has 2 aliphatic carbocycles. The highest BCUT2D eigenvalue weighted by atomic mass is 16.5. The molecule has 5 nitrogen and oxygen atoms in total. The van der Waals surface area contributed by atoms with Gasteiger partial charge in [-0.05, 0) is 40.0 Å². The second-order valence-corrected chi connectivity index (χ2v) is 6.85. The Morgan fingerprint density at radius 1 is 1.38 bits per heavy atom. The van der Waals surface area contributed by atoms with E-state index < -0.39 is 0 Å². The lowest BCUT2D eigenvalue weighted by atomic mass is 9.51. The Morgan fingerprint density at radius 2 is 2.10 bits per heavy atom. The van der Waals surface area contributed by atoms with Crippen LogP contribution in [-0.2, 0) is 9.47 Å². The Morgan fingerprint density at radius 3 is 2.57 bits per heavy atom. The van der Waals surface area contributed by atoms with Gasteiger partial charge in [0.1, 0.15) is 0 Å². The molecule has 2 rings (SSSR count).